The summed E-state index contributed by atoms with van der Waals surface area (Å²) < 4.78 is 19.5. The van der Waals surface area contributed by atoms with E-state index in [0.29, 0.717) is 17.0 Å². The fraction of sp³-hybridized carbons (Fsp3) is 0. The fourth-order valence-corrected chi connectivity index (χ4v) is 2.87. The standard InChI is InChI=1S/C20H14BrFN2O2S/c21-14-4-2-5-17(12-14)24-20(27)26-18-6-1-3-13(11-18)19(25)23-16-9-7-15(22)8-10-16/h1-12H,(H,23,25)(H,24,27). The molecule has 3 rings (SSSR count). The molecule has 0 spiro atoms. The highest BCUT2D eigenvalue weighted by Gasteiger charge is 2.09. The number of ether oxygens (including phenoxy) is 1. The van der Waals surface area contributed by atoms with Gasteiger partial charge < -0.3 is 15.4 Å². The maximum atomic E-state index is 12.9. The van der Waals surface area contributed by atoms with Crippen LogP contribution in [-0.2, 0) is 0 Å². The minimum absolute atomic E-state index is 0.157. The molecule has 0 fully saturated rings. The van der Waals surface area contributed by atoms with Gasteiger partial charge in [-0.05, 0) is 72.9 Å². The maximum Gasteiger partial charge on any atom is 0.266 e. The van der Waals surface area contributed by atoms with Crippen molar-refractivity contribution >= 4 is 50.6 Å². The average Bonchev–Trinajstić information content (AvgIpc) is 2.63. The van der Waals surface area contributed by atoms with Gasteiger partial charge in [-0.1, -0.05) is 28.1 Å². The third kappa shape index (κ3) is 5.60. The van der Waals surface area contributed by atoms with Crippen molar-refractivity contribution in [1.29, 1.82) is 0 Å². The van der Waals surface area contributed by atoms with Crippen molar-refractivity contribution in [2.24, 2.45) is 0 Å². The molecule has 0 unspecified atom stereocenters. The molecule has 3 aromatic carbocycles. The lowest BCUT2D eigenvalue weighted by Gasteiger charge is -2.11. The number of hydrogen-bond donors (Lipinski definition) is 2. The summed E-state index contributed by atoms with van der Waals surface area (Å²) in [6, 6.07) is 19.6. The molecule has 0 aliphatic rings. The van der Waals surface area contributed by atoms with E-state index in [1.54, 1.807) is 24.3 Å². The Morgan fingerprint density at radius 1 is 0.926 bits per heavy atom. The van der Waals surface area contributed by atoms with E-state index >= 15 is 0 Å². The van der Waals surface area contributed by atoms with Gasteiger partial charge in [0.1, 0.15) is 11.6 Å². The second-order valence-electron chi connectivity index (χ2n) is 5.51. The summed E-state index contributed by atoms with van der Waals surface area (Å²) in [5, 5.41) is 5.82. The lowest BCUT2D eigenvalue weighted by atomic mass is 10.2. The molecule has 0 aliphatic carbocycles. The number of thiocarbonyl (C=S) groups is 1. The number of halogens is 2. The van der Waals surface area contributed by atoms with Crippen molar-refractivity contribution in [3.05, 3.63) is 88.6 Å². The van der Waals surface area contributed by atoms with E-state index < -0.39 is 0 Å². The second-order valence-corrected chi connectivity index (χ2v) is 6.80. The fourth-order valence-electron chi connectivity index (χ4n) is 2.25. The third-order valence-electron chi connectivity index (χ3n) is 3.48. The van der Waals surface area contributed by atoms with Gasteiger partial charge in [0.05, 0.1) is 0 Å². The van der Waals surface area contributed by atoms with Crippen molar-refractivity contribution in [3.8, 4) is 5.75 Å². The minimum Gasteiger partial charge on any atom is -0.432 e. The van der Waals surface area contributed by atoms with Crippen LogP contribution in [0.25, 0.3) is 0 Å². The molecule has 0 saturated carbocycles. The molecule has 2 N–H and O–H groups in total. The minimum atomic E-state index is -0.366. The summed E-state index contributed by atoms with van der Waals surface area (Å²) >= 11 is 8.59. The molecule has 136 valence electrons. The van der Waals surface area contributed by atoms with E-state index in [-0.39, 0.29) is 16.9 Å². The highest BCUT2D eigenvalue weighted by Crippen LogP contribution is 2.18. The maximum absolute atomic E-state index is 12.9. The first-order valence-electron chi connectivity index (χ1n) is 7.91. The van der Waals surface area contributed by atoms with Gasteiger partial charge in [-0.3, -0.25) is 4.79 Å². The van der Waals surface area contributed by atoms with Crippen molar-refractivity contribution in [2.45, 2.75) is 0 Å². The van der Waals surface area contributed by atoms with Gasteiger partial charge in [0, 0.05) is 21.4 Å². The summed E-state index contributed by atoms with van der Waals surface area (Å²) in [4.78, 5) is 12.4. The molecule has 3 aromatic rings. The second kappa shape index (κ2) is 8.75. The normalized spacial score (nSPS) is 10.1. The molecule has 0 saturated heterocycles. The van der Waals surface area contributed by atoms with Crippen LogP contribution < -0.4 is 15.4 Å². The van der Waals surface area contributed by atoms with Crippen LogP contribution in [-0.4, -0.2) is 11.1 Å². The Kier molecular flexibility index (Phi) is 6.16. The summed E-state index contributed by atoms with van der Waals surface area (Å²) in [5.41, 5.74) is 1.67. The first-order valence-corrected chi connectivity index (χ1v) is 9.11. The molecule has 27 heavy (non-hydrogen) atoms. The van der Waals surface area contributed by atoms with Gasteiger partial charge in [0.25, 0.3) is 11.1 Å². The molecule has 0 bridgehead atoms. The number of amides is 1. The number of benzene rings is 3. The van der Waals surface area contributed by atoms with Gasteiger partial charge in [-0.25, -0.2) is 4.39 Å². The Hall–Kier alpha value is -2.77. The zero-order chi connectivity index (χ0) is 19.2. The van der Waals surface area contributed by atoms with Crippen molar-refractivity contribution in [3.63, 3.8) is 0 Å². The number of rotatable bonds is 4. The smallest absolute Gasteiger partial charge is 0.266 e. The van der Waals surface area contributed by atoms with Crippen LogP contribution >= 0.6 is 28.1 Å². The third-order valence-corrected chi connectivity index (χ3v) is 4.16. The van der Waals surface area contributed by atoms with Gasteiger partial charge in [-0.2, -0.15) is 0 Å². The number of anilines is 2. The summed E-state index contributed by atoms with van der Waals surface area (Å²) in [6.07, 6.45) is 0. The average molecular weight is 445 g/mol. The van der Waals surface area contributed by atoms with Crippen molar-refractivity contribution in [2.75, 3.05) is 10.6 Å². The first-order chi connectivity index (χ1) is 13.0. The summed E-state index contributed by atoms with van der Waals surface area (Å²) in [6.45, 7) is 0. The zero-order valence-electron chi connectivity index (χ0n) is 13.9. The molecular formula is C20H14BrFN2O2S. The van der Waals surface area contributed by atoms with E-state index in [4.69, 9.17) is 17.0 Å². The lowest BCUT2D eigenvalue weighted by molar-refractivity contribution is 0.102. The molecule has 0 atom stereocenters. The summed E-state index contributed by atoms with van der Waals surface area (Å²) in [5.74, 6) is -0.276. The van der Waals surface area contributed by atoms with Crippen LogP contribution in [0, 0.1) is 5.82 Å². The number of carbonyl (C=O) groups excluding carboxylic acids is 1. The van der Waals surface area contributed by atoms with E-state index in [0.717, 1.165) is 10.2 Å². The molecule has 0 radical (unpaired) electrons. The van der Waals surface area contributed by atoms with Gasteiger partial charge in [-0.15, -0.1) is 0 Å². The Balaban J connectivity index is 1.65. The Bertz CT molecular complexity index is 980. The number of nitrogens with one attached hydrogen (secondary N) is 2. The van der Waals surface area contributed by atoms with Crippen LogP contribution in [0.3, 0.4) is 0 Å². The van der Waals surface area contributed by atoms with Crippen LogP contribution in [0.5, 0.6) is 5.75 Å². The van der Waals surface area contributed by atoms with E-state index in [1.807, 2.05) is 24.3 Å². The molecule has 0 aliphatic heterocycles. The van der Waals surface area contributed by atoms with Crippen molar-refractivity contribution < 1.29 is 13.9 Å². The van der Waals surface area contributed by atoms with E-state index in [9.17, 15) is 9.18 Å². The Morgan fingerprint density at radius 2 is 1.67 bits per heavy atom. The highest BCUT2D eigenvalue weighted by atomic mass is 79.9. The molecule has 7 heteroatoms. The van der Waals surface area contributed by atoms with Crippen LogP contribution in [0.15, 0.2) is 77.3 Å². The monoisotopic (exact) mass is 444 g/mol. The largest absolute Gasteiger partial charge is 0.432 e. The molecule has 0 aromatic heterocycles. The van der Waals surface area contributed by atoms with E-state index in [1.165, 1.54) is 24.3 Å². The highest BCUT2D eigenvalue weighted by molar-refractivity contribution is 9.10. The van der Waals surface area contributed by atoms with Gasteiger partial charge in [0.15, 0.2) is 0 Å². The topological polar surface area (TPSA) is 50.4 Å². The number of hydrogen-bond acceptors (Lipinski definition) is 3. The van der Waals surface area contributed by atoms with Crippen molar-refractivity contribution in [1.82, 2.24) is 0 Å². The Labute approximate surface area is 169 Å². The van der Waals surface area contributed by atoms with Crippen LogP contribution in [0.1, 0.15) is 10.4 Å². The Morgan fingerprint density at radius 3 is 2.41 bits per heavy atom. The molecular weight excluding hydrogens is 431 g/mol. The predicted octanol–water partition coefficient (Wildman–Crippen LogP) is 5.62. The SMILES string of the molecule is O=C(Nc1ccc(F)cc1)c1cccc(OC(=S)Nc2cccc(Br)c2)c1. The van der Waals surface area contributed by atoms with Gasteiger partial charge >= 0.3 is 0 Å². The lowest BCUT2D eigenvalue weighted by Crippen LogP contribution is -2.17. The zero-order valence-corrected chi connectivity index (χ0v) is 16.3. The van der Waals surface area contributed by atoms with Gasteiger partial charge in [0.2, 0.25) is 0 Å². The molecule has 4 nitrogen and oxygen atoms in total. The quantitative estimate of drug-likeness (QED) is 0.513. The van der Waals surface area contributed by atoms with Crippen LogP contribution in [0.2, 0.25) is 0 Å². The predicted molar refractivity (Wildman–Crippen MR) is 112 cm³/mol. The molecule has 1 amide bonds. The summed E-state index contributed by atoms with van der Waals surface area (Å²) in [7, 11) is 0. The first kappa shape index (κ1) is 19.0. The number of carbonyl (C=O) groups is 1. The van der Waals surface area contributed by atoms with Crippen LogP contribution in [0.4, 0.5) is 15.8 Å². The molecule has 0 heterocycles. The van der Waals surface area contributed by atoms with E-state index in [2.05, 4.69) is 26.6 Å².